The third kappa shape index (κ3) is 6.11. The highest BCUT2D eigenvalue weighted by Gasteiger charge is 2.48. The summed E-state index contributed by atoms with van der Waals surface area (Å²) < 4.78 is 28.3. The minimum absolute atomic E-state index is 0.0102. The second-order valence-electron chi connectivity index (χ2n) is 10.9. The van der Waals surface area contributed by atoms with E-state index in [4.69, 9.17) is 9.47 Å². The van der Waals surface area contributed by atoms with Gasteiger partial charge in [0.05, 0.1) is 12.7 Å². The third-order valence-corrected chi connectivity index (χ3v) is 10.1. The number of halogens is 1. The van der Waals surface area contributed by atoms with Crippen LogP contribution in [0.1, 0.15) is 43.4 Å². The molecule has 2 heterocycles. The van der Waals surface area contributed by atoms with Crippen molar-refractivity contribution in [1.82, 2.24) is 4.90 Å². The van der Waals surface area contributed by atoms with E-state index in [1.165, 1.54) is 0 Å². The summed E-state index contributed by atoms with van der Waals surface area (Å²) in [6, 6.07) is 15.2. The number of fused-ring (bicyclic) bond motifs is 1. The van der Waals surface area contributed by atoms with Gasteiger partial charge in [0.2, 0.25) is 20.2 Å². The second kappa shape index (κ2) is 12.0. The van der Waals surface area contributed by atoms with E-state index in [0.717, 1.165) is 23.2 Å². The molecule has 2 aliphatic heterocycles. The lowest BCUT2D eigenvalue weighted by atomic mass is 9.86. The molecule has 0 spiro atoms. The van der Waals surface area contributed by atoms with E-state index in [-0.39, 0.29) is 43.4 Å². The number of rotatable bonds is 10. The Bertz CT molecular complexity index is 1130. The van der Waals surface area contributed by atoms with Crippen LogP contribution in [0.5, 0.6) is 5.75 Å². The number of carbonyl (C=O) groups excluding carboxylic acids is 2. The highest BCUT2D eigenvalue weighted by molar-refractivity contribution is 6.72. The summed E-state index contributed by atoms with van der Waals surface area (Å²) in [6.45, 7) is 6.26. The van der Waals surface area contributed by atoms with E-state index < -0.39 is 20.1 Å². The normalized spacial score (nSPS) is 22.1. The maximum Gasteiger partial charge on any atom is 0.248 e. The lowest BCUT2D eigenvalue weighted by Crippen LogP contribution is -2.48. The number of ether oxygens (including phenoxy) is 2. The number of hydrogen-bond acceptors (Lipinski definition) is 5. The Balaban J connectivity index is 1.59. The van der Waals surface area contributed by atoms with Gasteiger partial charge in [-0.15, -0.1) is 0 Å². The average molecular weight is 543 g/mol. The van der Waals surface area contributed by atoms with Crippen molar-refractivity contribution < 1.29 is 28.3 Å². The molecule has 4 atom stereocenters. The fraction of sp³-hybridized carbons (Fsp3) is 0.517. The molecule has 0 aliphatic carbocycles. The van der Waals surface area contributed by atoms with E-state index in [0.29, 0.717) is 25.3 Å². The van der Waals surface area contributed by atoms with Gasteiger partial charge >= 0.3 is 0 Å². The Kier molecular flexibility index (Phi) is 8.90. The van der Waals surface area contributed by atoms with Gasteiger partial charge in [0, 0.05) is 62.3 Å². The highest BCUT2D eigenvalue weighted by atomic mass is 28.4. The summed E-state index contributed by atoms with van der Waals surface area (Å²) >= 11 is 0. The molecule has 2 aliphatic rings. The molecule has 38 heavy (non-hydrogen) atoms. The van der Waals surface area contributed by atoms with Crippen molar-refractivity contribution in [1.29, 1.82) is 0 Å². The Labute approximate surface area is 225 Å². The van der Waals surface area contributed by atoms with Gasteiger partial charge in [0.25, 0.3) is 0 Å². The summed E-state index contributed by atoms with van der Waals surface area (Å²) in [5.74, 6) is 0.276. The van der Waals surface area contributed by atoms with Gasteiger partial charge in [-0.05, 0) is 43.3 Å². The van der Waals surface area contributed by atoms with Crippen molar-refractivity contribution in [3.8, 4) is 5.75 Å². The molecule has 0 saturated carbocycles. The van der Waals surface area contributed by atoms with Crippen LogP contribution in [0.15, 0.2) is 48.5 Å². The molecule has 0 bridgehead atoms. The summed E-state index contributed by atoms with van der Waals surface area (Å²) in [6.07, 6.45) is 0.443. The number of anilines is 1. The lowest BCUT2D eigenvalue weighted by molar-refractivity contribution is -0.133. The Morgan fingerprint density at radius 2 is 2.00 bits per heavy atom. The number of methoxy groups -OCH3 is 1. The maximum atomic E-state index is 15.9. The first-order valence-corrected chi connectivity index (χ1v) is 16.3. The minimum atomic E-state index is -3.39. The largest absolute Gasteiger partial charge is 0.490 e. The predicted octanol–water partition coefficient (Wildman–Crippen LogP) is 4.85. The Morgan fingerprint density at radius 3 is 2.61 bits per heavy atom. The van der Waals surface area contributed by atoms with Gasteiger partial charge in [-0.3, -0.25) is 9.59 Å². The van der Waals surface area contributed by atoms with Gasteiger partial charge in [-0.25, -0.2) is 0 Å². The average Bonchev–Trinajstić information content (AvgIpc) is 3.32. The molecule has 4 rings (SSSR count). The van der Waals surface area contributed by atoms with Gasteiger partial charge in [-0.1, -0.05) is 37.3 Å². The molecule has 2 amide bonds. The zero-order chi connectivity index (χ0) is 27.4. The Hall–Kier alpha value is -2.75. The first-order valence-electron chi connectivity index (χ1n) is 13.4. The smallest absolute Gasteiger partial charge is 0.248 e. The van der Waals surface area contributed by atoms with Crippen molar-refractivity contribution >= 4 is 25.9 Å². The molecular weight excluding hydrogens is 503 g/mol. The molecule has 2 aromatic carbocycles. The van der Waals surface area contributed by atoms with Crippen molar-refractivity contribution in [2.24, 2.45) is 5.92 Å². The summed E-state index contributed by atoms with van der Waals surface area (Å²) in [4.78, 5) is 29.2. The fourth-order valence-corrected chi connectivity index (χ4v) is 7.55. The molecule has 1 N–H and O–H groups in total. The monoisotopic (exact) mass is 542 g/mol. The van der Waals surface area contributed by atoms with Crippen LogP contribution in [0.25, 0.3) is 0 Å². The van der Waals surface area contributed by atoms with Gasteiger partial charge < -0.3 is 28.5 Å². The Morgan fingerprint density at radius 1 is 1.26 bits per heavy atom. The molecule has 0 radical (unpaired) electrons. The van der Waals surface area contributed by atoms with E-state index >= 15 is 4.11 Å². The van der Waals surface area contributed by atoms with E-state index in [1.807, 2.05) is 55.5 Å². The highest BCUT2D eigenvalue weighted by Crippen LogP contribution is 2.48. The number of amides is 2. The zero-order valence-corrected chi connectivity index (χ0v) is 23.7. The molecule has 1 saturated heterocycles. The first kappa shape index (κ1) is 28.3. The predicted molar refractivity (Wildman–Crippen MR) is 147 cm³/mol. The number of nitrogens with zero attached hydrogens (tertiary/aromatic N) is 2. The summed E-state index contributed by atoms with van der Waals surface area (Å²) in [7, 11) is -1.76. The molecular formula is C29H39FN2O5Si. The topological polar surface area (TPSA) is 79.3 Å². The van der Waals surface area contributed by atoms with Gasteiger partial charge in [0.15, 0.2) is 0 Å². The number of benzene rings is 2. The van der Waals surface area contributed by atoms with E-state index in [1.54, 1.807) is 30.0 Å². The van der Waals surface area contributed by atoms with Gasteiger partial charge in [0.1, 0.15) is 11.9 Å². The second-order valence-corrected chi connectivity index (χ2v) is 14.7. The molecule has 7 nitrogen and oxygen atoms in total. The minimum Gasteiger partial charge on any atom is -0.490 e. The lowest BCUT2D eigenvalue weighted by Gasteiger charge is -2.43. The van der Waals surface area contributed by atoms with Crippen LogP contribution in [0.4, 0.5) is 9.80 Å². The number of carbonyl (C=O) groups is 2. The van der Waals surface area contributed by atoms with Crippen LogP contribution in [-0.4, -0.2) is 63.1 Å². The number of hydrogen-bond donors (Lipinski definition) is 1. The van der Waals surface area contributed by atoms with Crippen LogP contribution >= 0.6 is 0 Å². The van der Waals surface area contributed by atoms with Crippen LogP contribution < -0.4 is 9.64 Å². The van der Waals surface area contributed by atoms with Crippen LogP contribution in [0.2, 0.25) is 18.6 Å². The molecule has 2 aromatic rings. The molecule has 206 valence electrons. The first-order chi connectivity index (χ1) is 18.1. The third-order valence-electron chi connectivity index (χ3n) is 7.81. The SMILES string of the molecule is CO[C@H]1c2cc(N3CCCC3=O)ccc2O[C@@H](C(CC(=O)N(CCO)Cc2ccccc2)[Si](C)(C)F)[C@@H]1C. The van der Waals surface area contributed by atoms with Crippen LogP contribution in [0.3, 0.4) is 0 Å². The maximum absolute atomic E-state index is 15.9. The molecule has 9 heteroatoms. The fourth-order valence-electron chi connectivity index (χ4n) is 5.74. The molecule has 1 fully saturated rings. The molecule has 1 unspecified atom stereocenters. The standard InChI is InChI=1S/C29H39FN2O5Si/c1-20-28(36-2)23-17-22(32-14-8-11-26(32)34)12-13-24(23)37-29(20)25(38(3,4)30)18-27(35)31(15-16-33)19-21-9-6-5-7-10-21/h5-7,9-10,12-13,17,20,25,28-29,33H,8,11,14-16,18-19H2,1-4H3/t20-,25?,28-,29-/m1/s1. The van der Waals surface area contributed by atoms with Crippen LogP contribution in [0, 0.1) is 5.92 Å². The summed E-state index contributed by atoms with van der Waals surface area (Å²) in [5, 5.41) is 9.62. The van der Waals surface area contributed by atoms with Crippen molar-refractivity contribution in [3.05, 3.63) is 59.7 Å². The van der Waals surface area contributed by atoms with E-state index in [9.17, 15) is 14.7 Å². The van der Waals surface area contributed by atoms with Crippen molar-refractivity contribution in [3.63, 3.8) is 0 Å². The van der Waals surface area contributed by atoms with Gasteiger partial charge in [-0.2, -0.15) is 0 Å². The van der Waals surface area contributed by atoms with Crippen LogP contribution in [-0.2, 0) is 20.9 Å². The molecule has 0 aromatic heterocycles. The zero-order valence-electron chi connectivity index (χ0n) is 22.7. The number of aliphatic hydroxyl groups is 1. The number of aliphatic hydroxyl groups excluding tert-OH is 1. The van der Waals surface area contributed by atoms with Crippen molar-refractivity contribution in [2.45, 2.75) is 63.6 Å². The van der Waals surface area contributed by atoms with Crippen molar-refractivity contribution in [2.75, 3.05) is 31.7 Å². The quantitative estimate of drug-likeness (QED) is 0.343. The van der Waals surface area contributed by atoms with E-state index in [2.05, 4.69) is 0 Å². The summed E-state index contributed by atoms with van der Waals surface area (Å²) in [5.41, 5.74) is 1.98.